The predicted octanol–water partition coefficient (Wildman–Crippen LogP) is 6.36. The molecule has 0 radical (unpaired) electrons. The highest BCUT2D eigenvalue weighted by molar-refractivity contribution is 8.14. The maximum atomic E-state index is 13.1. The third kappa shape index (κ3) is 6.18. The van der Waals surface area contributed by atoms with Gasteiger partial charge < -0.3 is 4.74 Å². The van der Waals surface area contributed by atoms with E-state index in [-0.39, 0.29) is 23.0 Å². The van der Waals surface area contributed by atoms with Crippen molar-refractivity contribution in [3.05, 3.63) is 58.7 Å². The topological polar surface area (TPSA) is 55.4 Å². The van der Waals surface area contributed by atoms with Crippen molar-refractivity contribution in [2.24, 2.45) is 0 Å². The van der Waals surface area contributed by atoms with Crippen molar-refractivity contribution < 1.29 is 40.7 Å². The molecule has 32 heavy (non-hydrogen) atoms. The van der Waals surface area contributed by atoms with Crippen LogP contribution in [-0.4, -0.2) is 16.9 Å². The minimum absolute atomic E-state index is 0.0771. The lowest BCUT2D eigenvalue weighted by Crippen LogP contribution is -2.18. The first-order valence-electron chi connectivity index (χ1n) is 9.48. The van der Waals surface area contributed by atoms with Gasteiger partial charge in [-0.25, -0.2) is 0 Å². The van der Waals surface area contributed by atoms with E-state index in [9.17, 15) is 35.9 Å². The standard InChI is InChI=1S/C18H14F6O.C3H3NO2S/c19-17(20,21)13-6-8-16(15(10-13)18(22,23)24)25-14-7-5-11-3-1-2-4-12(11)9-14;5-2-1-7-3(6)4-2/h5-10H,1-4H2;1H2,(H,4,5,6). The number of benzene rings is 2. The first-order chi connectivity index (χ1) is 14.9. The number of nitrogens with one attached hydrogen (secondary N) is 1. The summed E-state index contributed by atoms with van der Waals surface area (Å²) in [6.07, 6.45) is -6.04. The number of aryl methyl sites for hydroxylation is 2. The van der Waals surface area contributed by atoms with Gasteiger partial charge in [-0.3, -0.25) is 14.9 Å². The number of hydrogen-bond acceptors (Lipinski definition) is 4. The van der Waals surface area contributed by atoms with E-state index in [0.717, 1.165) is 48.6 Å². The summed E-state index contributed by atoms with van der Waals surface area (Å²) < 4.78 is 82.8. The summed E-state index contributed by atoms with van der Waals surface area (Å²) in [5, 5.41) is 1.87. The van der Waals surface area contributed by atoms with Crippen LogP contribution >= 0.6 is 11.8 Å². The number of thioether (sulfide) groups is 1. The van der Waals surface area contributed by atoms with E-state index in [0.29, 0.717) is 17.9 Å². The predicted molar refractivity (Wildman–Crippen MR) is 106 cm³/mol. The highest BCUT2D eigenvalue weighted by atomic mass is 32.2. The van der Waals surface area contributed by atoms with Gasteiger partial charge in [0.1, 0.15) is 11.5 Å². The number of rotatable bonds is 2. The summed E-state index contributed by atoms with van der Waals surface area (Å²) in [7, 11) is 0. The Morgan fingerprint density at radius 2 is 1.53 bits per heavy atom. The lowest BCUT2D eigenvalue weighted by molar-refractivity contribution is -0.143. The zero-order valence-electron chi connectivity index (χ0n) is 16.4. The third-order valence-corrected chi connectivity index (χ3v) is 5.51. The molecule has 0 unspecified atom stereocenters. The van der Waals surface area contributed by atoms with Crippen molar-refractivity contribution in [2.75, 3.05) is 5.75 Å². The van der Waals surface area contributed by atoms with Gasteiger partial charge in [-0.05, 0) is 67.1 Å². The van der Waals surface area contributed by atoms with Crippen molar-refractivity contribution in [3.63, 3.8) is 0 Å². The summed E-state index contributed by atoms with van der Waals surface area (Å²) in [5.74, 6) is -0.351. The Balaban J connectivity index is 0.000000352. The molecule has 0 atom stereocenters. The number of imide groups is 1. The van der Waals surface area contributed by atoms with Gasteiger partial charge >= 0.3 is 12.4 Å². The summed E-state index contributed by atoms with van der Waals surface area (Å²) in [5.41, 5.74) is -0.677. The molecule has 1 N–H and O–H groups in total. The van der Waals surface area contributed by atoms with Crippen LogP contribution in [0.1, 0.15) is 35.1 Å². The molecular formula is C21H17F6NO3S. The number of fused-ring (bicyclic) bond motifs is 1. The average Bonchev–Trinajstić information content (AvgIpc) is 3.09. The molecule has 1 aliphatic heterocycles. The Morgan fingerprint density at radius 3 is 2.06 bits per heavy atom. The summed E-state index contributed by atoms with van der Waals surface area (Å²) >= 11 is 1.01. The van der Waals surface area contributed by atoms with Gasteiger partial charge in [0.05, 0.1) is 16.9 Å². The van der Waals surface area contributed by atoms with Gasteiger partial charge in [-0.1, -0.05) is 17.8 Å². The number of alkyl halides is 6. The molecule has 172 valence electrons. The Labute approximate surface area is 183 Å². The van der Waals surface area contributed by atoms with Crippen molar-refractivity contribution in [2.45, 2.75) is 38.0 Å². The lowest BCUT2D eigenvalue weighted by atomic mass is 9.92. The number of halogens is 6. The van der Waals surface area contributed by atoms with Crippen LogP contribution in [0.4, 0.5) is 31.1 Å². The van der Waals surface area contributed by atoms with Crippen LogP contribution in [0, 0.1) is 0 Å². The van der Waals surface area contributed by atoms with Gasteiger partial charge in [0, 0.05) is 0 Å². The first-order valence-corrected chi connectivity index (χ1v) is 10.5. The van der Waals surface area contributed by atoms with Gasteiger partial charge in [0.25, 0.3) is 5.24 Å². The van der Waals surface area contributed by atoms with E-state index in [4.69, 9.17) is 4.74 Å². The lowest BCUT2D eigenvalue weighted by Gasteiger charge is -2.19. The highest BCUT2D eigenvalue weighted by Crippen LogP contribution is 2.42. The van der Waals surface area contributed by atoms with Gasteiger partial charge in [0.15, 0.2) is 0 Å². The molecule has 2 amide bonds. The molecule has 0 aromatic heterocycles. The zero-order valence-corrected chi connectivity index (χ0v) is 17.2. The Kier molecular flexibility index (Phi) is 7.06. The van der Waals surface area contributed by atoms with Crippen LogP contribution in [0.2, 0.25) is 0 Å². The molecule has 0 bridgehead atoms. The molecule has 4 rings (SSSR count). The second kappa shape index (κ2) is 9.43. The van der Waals surface area contributed by atoms with Crippen LogP contribution in [0.15, 0.2) is 36.4 Å². The van der Waals surface area contributed by atoms with Crippen LogP contribution in [0.3, 0.4) is 0 Å². The molecule has 1 heterocycles. The number of amides is 2. The Hall–Kier alpha value is -2.69. The minimum Gasteiger partial charge on any atom is -0.457 e. The van der Waals surface area contributed by atoms with Crippen LogP contribution in [0.25, 0.3) is 0 Å². The molecular weight excluding hydrogens is 460 g/mol. The van der Waals surface area contributed by atoms with Crippen molar-refractivity contribution in [1.29, 1.82) is 0 Å². The summed E-state index contributed by atoms with van der Waals surface area (Å²) in [6.45, 7) is 0. The van der Waals surface area contributed by atoms with Crippen LogP contribution in [0.5, 0.6) is 11.5 Å². The van der Waals surface area contributed by atoms with Crippen molar-refractivity contribution >= 4 is 22.9 Å². The molecule has 2 aromatic rings. The second-order valence-corrected chi connectivity index (χ2v) is 8.02. The van der Waals surface area contributed by atoms with Gasteiger partial charge in [-0.2, -0.15) is 26.3 Å². The Bertz CT molecular complexity index is 1010. The number of carbonyl (C=O) groups excluding carboxylic acids is 2. The molecule has 11 heteroatoms. The van der Waals surface area contributed by atoms with E-state index in [1.54, 1.807) is 18.2 Å². The zero-order chi connectivity index (χ0) is 23.5. The van der Waals surface area contributed by atoms with Crippen LogP contribution in [-0.2, 0) is 30.0 Å². The Morgan fingerprint density at radius 1 is 0.844 bits per heavy atom. The number of ether oxygens (including phenoxy) is 1. The van der Waals surface area contributed by atoms with Gasteiger partial charge in [0.2, 0.25) is 5.91 Å². The number of carbonyl (C=O) groups is 2. The minimum atomic E-state index is -4.95. The van der Waals surface area contributed by atoms with E-state index in [1.807, 2.05) is 0 Å². The maximum Gasteiger partial charge on any atom is 0.420 e. The van der Waals surface area contributed by atoms with E-state index < -0.39 is 29.2 Å². The van der Waals surface area contributed by atoms with E-state index >= 15 is 0 Å². The molecule has 4 nitrogen and oxygen atoms in total. The highest BCUT2D eigenvalue weighted by Gasteiger charge is 2.39. The quantitative estimate of drug-likeness (QED) is 0.511. The molecule has 1 aliphatic carbocycles. The largest absolute Gasteiger partial charge is 0.457 e. The third-order valence-electron chi connectivity index (χ3n) is 4.74. The monoisotopic (exact) mass is 477 g/mol. The second-order valence-electron chi connectivity index (χ2n) is 7.07. The molecule has 2 aromatic carbocycles. The normalized spacial score (nSPS) is 16.1. The fourth-order valence-electron chi connectivity index (χ4n) is 3.23. The van der Waals surface area contributed by atoms with Crippen LogP contribution < -0.4 is 10.1 Å². The summed E-state index contributed by atoms with van der Waals surface area (Å²) in [4.78, 5) is 20.2. The first kappa shape index (κ1) is 24.0. The fourth-order valence-corrected chi connectivity index (χ4v) is 3.75. The number of hydrogen-bond donors (Lipinski definition) is 1. The van der Waals surface area contributed by atoms with E-state index in [2.05, 4.69) is 5.32 Å². The smallest absolute Gasteiger partial charge is 0.420 e. The summed E-state index contributed by atoms with van der Waals surface area (Å²) in [6, 6.07) is 6.37. The van der Waals surface area contributed by atoms with Crippen molar-refractivity contribution in [1.82, 2.24) is 5.32 Å². The molecule has 0 spiro atoms. The molecule has 2 aliphatic rings. The SMILES string of the molecule is FC(F)(F)c1ccc(Oc2ccc3c(c2)CCCC3)c(C(F)(F)F)c1.O=C1CSC(=O)N1. The fraction of sp³-hybridized carbons (Fsp3) is 0.333. The average molecular weight is 477 g/mol. The van der Waals surface area contributed by atoms with Crippen molar-refractivity contribution in [3.8, 4) is 11.5 Å². The molecule has 0 saturated carbocycles. The van der Waals surface area contributed by atoms with E-state index in [1.165, 1.54) is 0 Å². The molecule has 1 fully saturated rings. The van der Waals surface area contributed by atoms with Gasteiger partial charge in [-0.15, -0.1) is 0 Å². The maximum absolute atomic E-state index is 13.1. The molecule has 1 saturated heterocycles.